The van der Waals surface area contributed by atoms with Crippen LogP contribution < -0.4 is 0 Å². The number of hydrogen-bond acceptors (Lipinski definition) is 13. The summed E-state index contributed by atoms with van der Waals surface area (Å²) >= 11 is 17.0. The maximum absolute atomic E-state index is 13.5. The van der Waals surface area contributed by atoms with Crippen molar-refractivity contribution >= 4 is 83.6 Å². The van der Waals surface area contributed by atoms with Crippen LogP contribution in [-0.4, -0.2) is 70.1 Å². The molecule has 0 heterocycles. The largest absolute Gasteiger partial charge is 0.508 e. The number of hydrogen-bond donors (Lipinski definition) is 5. The molecule has 10 rings (SSSR count). The summed E-state index contributed by atoms with van der Waals surface area (Å²) in [7, 11) is -3.45. The van der Waals surface area contributed by atoms with Crippen LogP contribution in [-0.2, 0) is 32.8 Å². The van der Waals surface area contributed by atoms with Gasteiger partial charge in [0.05, 0.1) is 36.9 Å². The van der Waals surface area contributed by atoms with Gasteiger partial charge in [-0.15, -0.1) is 11.8 Å². The molecule has 12 nitrogen and oxygen atoms in total. The Morgan fingerprint density at radius 3 is 0.989 bits per heavy atom. The molecule has 18 heteroatoms. The summed E-state index contributed by atoms with van der Waals surface area (Å²) in [6, 6.07) is 67.2. The van der Waals surface area contributed by atoms with Gasteiger partial charge in [0, 0.05) is 19.4 Å². The Morgan fingerprint density at radius 2 is 0.699 bits per heavy atom. The Morgan fingerprint density at radius 1 is 0.430 bits per heavy atom. The molecule has 0 aliphatic heterocycles. The number of carbonyl (C=O) groups is 4. The standard InChI is InChI=1S/C18H22ClO4P.C15H14O2S.C14H11BrO2.C14H11ClO2.C14H11FO2/c1-4-22-24(21,23-5-2)18(14-6-9-16(20)10-7-14)15-8-11-17(19)13(3)12-15;1-18-14-8-4-12(5-9-14)15(10-16)11-2-6-13(17)7-3-11;3*15-12-5-1-10(2-6-12)14(9-16)11-3-7-13(17)8-4-11/h6-12,18,20H,4-5H2,1-3H3;2-10,15,17H,1H3;3*1-9,14,17H. The van der Waals surface area contributed by atoms with Gasteiger partial charge in [-0.05, 0) is 203 Å². The van der Waals surface area contributed by atoms with Crippen molar-refractivity contribution < 1.29 is 62.7 Å². The summed E-state index contributed by atoms with van der Waals surface area (Å²) < 4.78 is 38.4. The quantitative estimate of drug-likeness (QED) is 0.0274. The van der Waals surface area contributed by atoms with Crippen molar-refractivity contribution in [1.29, 1.82) is 0 Å². The summed E-state index contributed by atoms with van der Waals surface area (Å²) in [5, 5.41) is 47.7. The lowest BCUT2D eigenvalue weighted by molar-refractivity contribution is -0.109. The lowest BCUT2D eigenvalue weighted by atomic mass is 9.93. The molecule has 0 aliphatic carbocycles. The van der Waals surface area contributed by atoms with Gasteiger partial charge in [-0.2, -0.15) is 0 Å². The van der Waals surface area contributed by atoms with Crippen LogP contribution in [0.1, 0.15) is 104 Å². The molecule has 0 bridgehead atoms. The molecule has 0 spiro atoms. The Hall–Kier alpha value is -8.63. The zero-order valence-corrected chi connectivity index (χ0v) is 55.9. The number of phenols is 5. The minimum Gasteiger partial charge on any atom is -0.508 e. The minimum atomic E-state index is -3.45. The Balaban J connectivity index is 0.000000186. The van der Waals surface area contributed by atoms with Gasteiger partial charge in [0.1, 0.15) is 65.4 Å². The fourth-order valence-corrected chi connectivity index (χ4v) is 12.6. The maximum Gasteiger partial charge on any atom is 0.342 e. The van der Waals surface area contributed by atoms with Crippen LogP contribution in [0.15, 0.2) is 246 Å². The van der Waals surface area contributed by atoms with Gasteiger partial charge in [0.2, 0.25) is 0 Å². The molecule has 0 saturated carbocycles. The van der Waals surface area contributed by atoms with E-state index >= 15 is 0 Å². The molecule has 93 heavy (non-hydrogen) atoms. The average Bonchev–Trinajstić information content (AvgIpc) is 0.803. The van der Waals surface area contributed by atoms with E-state index in [1.165, 1.54) is 29.2 Å². The van der Waals surface area contributed by atoms with Gasteiger partial charge in [0.25, 0.3) is 0 Å². The normalized spacial score (nSPS) is 12.3. The van der Waals surface area contributed by atoms with E-state index in [0.29, 0.717) is 10.0 Å². The van der Waals surface area contributed by atoms with E-state index in [0.717, 1.165) is 90.8 Å². The monoisotopic (exact) mass is 1390 g/mol. The highest BCUT2D eigenvalue weighted by molar-refractivity contribution is 9.10. The number of aldehydes is 4. The molecule has 0 radical (unpaired) electrons. The summed E-state index contributed by atoms with van der Waals surface area (Å²) in [4.78, 5) is 46.0. The summed E-state index contributed by atoms with van der Waals surface area (Å²) in [5.41, 5.74) is 8.74. The van der Waals surface area contributed by atoms with E-state index in [1.807, 2.05) is 86.0 Å². The second-order valence-corrected chi connectivity index (χ2v) is 25.4. The first-order valence-electron chi connectivity index (χ1n) is 29.1. The van der Waals surface area contributed by atoms with Crippen LogP contribution in [0.2, 0.25) is 10.0 Å². The van der Waals surface area contributed by atoms with Crippen LogP contribution in [0.4, 0.5) is 4.39 Å². The zero-order chi connectivity index (χ0) is 67.5. The van der Waals surface area contributed by atoms with Crippen molar-refractivity contribution in [2.45, 2.75) is 55.0 Å². The lowest BCUT2D eigenvalue weighted by Crippen LogP contribution is -2.09. The number of aromatic hydroxyl groups is 5. The van der Waals surface area contributed by atoms with Gasteiger partial charge < -0.3 is 53.8 Å². The third-order valence-electron chi connectivity index (χ3n) is 14.4. The molecule has 480 valence electrons. The Kier molecular flexibility index (Phi) is 29.3. The van der Waals surface area contributed by atoms with Gasteiger partial charge in [-0.3, -0.25) is 4.57 Å². The summed E-state index contributed by atoms with van der Waals surface area (Å²) in [6.07, 6.45) is 5.55. The number of benzene rings is 10. The molecule has 10 aromatic carbocycles. The number of halogens is 4. The van der Waals surface area contributed by atoms with Crippen LogP contribution in [0.5, 0.6) is 28.7 Å². The number of rotatable bonds is 20. The molecule has 5 unspecified atom stereocenters. The van der Waals surface area contributed by atoms with Gasteiger partial charge in [-0.25, -0.2) is 4.39 Å². The SMILES string of the molecule is CCOP(=O)(OCC)C(c1ccc(O)cc1)c1ccc(Cl)c(C)c1.CSc1ccc(C(C=O)c2ccc(O)cc2)cc1.O=CC(c1ccc(O)cc1)c1ccc(Br)cc1.O=CC(c1ccc(O)cc1)c1ccc(Cl)cc1.O=CC(c1ccc(O)cc1)c1ccc(F)cc1. The third-order valence-corrected chi connectivity index (χ3v) is 18.8. The van der Waals surface area contributed by atoms with Crippen molar-refractivity contribution in [3.05, 3.63) is 318 Å². The minimum absolute atomic E-state index is 0.146. The van der Waals surface area contributed by atoms with E-state index in [2.05, 4.69) is 15.9 Å². The highest BCUT2D eigenvalue weighted by Crippen LogP contribution is 2.64. The smallest absolute Gasteiger partial charge is 0.342 e. The van der Waals surface area contributed by atoms with Crippen LogP contribution in [0.3, 0.4) is 0 Å². The van der Waals surface area contributed by atoms with Crippen molar-refractivity contribution in [2.24, 2.45) is 0 Å². The average molecular weight is 1400 g/mol. The molecule has 0 amide bonds. The molecular weight excluding hydrogens is 1330 g/mol. The van der Waals surface area contributed by atoms with E-state index in [-0.39, 0.29) is 65.5 Å². The first-order valence-corrected chi connectivity index (χ1v) is 33.5. The van der Waals surface area contributed by atoms with Crippen molar-refractivity contribution in [1.82, 2.24) is 0 Å². The van der Waals surface area contributed by atoms with Crippen LogP contribution in [0, 0.1) is 12.7 Å². The predicted molar refractivity (Wildman–Crippen MR) is 371 cm³/mol. The first-order chi connectivity index (χ1) is 44.8. The molecule has 0 aromatic heterocycles. The lowest BCUT2D eigenvalue weighted by Gasteiger charge is -2.27. The molecule has 5 N–H and O–H groups in total. The number of phenolic OH excluding ortho intramolecular Hbond substituents is 5. The topological polar surface area (TPSA) is 205 Å². The number of thioether (sulfide) groups is 1. The zero-order valence-electron chi connectivity index (χ0n) is 51.1. The van der Waals surface area contributed by atoms with Gasteiger partial charge >= 0.3 is 7.60 Å². The number of aryl methyl sites for hydroxylation is 1. The highest BCUT2D eigenvalue weighted by Gasteiger charge is 2.38. The molecule has 0 fully saturated rings. The second kappa shape index (κ2) is 37.2. The van der Waals surface area contributed by atoms with E-state index in [4.69, 9.17) is 32.2 Å². The molecule has 5 atom stereocenters. The second-order valence-electron chi connectivity index (χ2n) is 20.6. The first kappa shape index (κ1) is 73.4. The molecule has 0 aliphatic rings. The maximum atomic E-state index is 13.5. The van der Waals surface area contributed by atoms with E-state index < -0.39 is 19.2 Å². The van der Waals surface area contributed by atoms with Crippen LogP contribution >= 0.6 is 58.5 Å². The summed E-state index contributed by atoms with van der Waals surface area (Å²) in [5.74, 6) is -0.756. The van der Waals surface area contributed by atoms with Crippen molar-refractivity contribution in [2.75, 3.05) is 19.5 Å². The van der Waals surface area contributed by atoms with Crippen LogP contribution in [0.25, 0.3) is 0 Å². The highest BCUT2D eigenvalue weighted by atomic mass is 79.9. The van der Waals surface area contributed by atoms with Crippen molar-refractivity contribution in [3.8, 4) is 28.7 Å². The molecular formula is C75H69BrCl2FO12PS. The third kappa shape index (κ3) is 22.0. The van der Waals surface area contributed by atoms with E-state index in [9.17, 15) is 53.7 Å². The summed E-state index contributed by atoms with van der Waals surface area (Å²) in [6.45, 7) is 6.02. The fourth-order valence-electron chi connectivity index (χ4n) is 9.54. The van der Waals surface area contributed by atoms with Gasteiger partial charge in [-0.1, -0.05) is 160 Å². The fraction of sp³-hybridized carbons (Fsp3) is 0.147. The molecule has 10 aromatic rings. The van der Waals surface area contributed by atoms with Crippen molar-refractivity contribution in [3.63, 3.8) is 0 Å². The Bertz CT molecular complexity index is 3600. The van der Waals surface area contributed by atoms with Gasteiger partial charge in [0.15, 0.2) is 0 Å². The Labute approximate surface area is 564 Å². The molecule has 0 saturated heterocycles. The predicted octanol–water partition coefficient (Wildman–Crippen LogP) is 18.9. The van der Waals surface area contributed by atoms with E-state index in [1.54, 1.807) is 165 Å². The number of carbonyl (C=O) groups excluding carboxylic acids is 4.